The minimum absolute atomic E-state index is 0. The van der Waals surface area contributed by atoms with E-state index in [0.29, 0.717) is 0 Å². The lowest BCUT2D eigenvalue weighted by Gasteiger charge is -2.25. The molecule has 8 nitrogen and oxygen atoms in total. The van der Waals surface area contributed by atoms with E-state index in [1.807, 2.05) is 0 Å². The smallest absolute Gasteiger partial charge is 0.320 e. The van der Waals surface area contributed by atoms with Crippen molar-refractivity contribution >= 4 is 39.6 Å². The molecule has 1 amide bonds. The SMILES string of the molecule is C.O=C1CC(c2ccc(C(F)(F)P(=O)(O)O)c(Br)c2)NS(=O)(=O)N1. The number of amides is 1. The molecule has 1 heterocycles. The third-order valence-electron chi connectivity index (χ3n) is 3.02. The summed E-state index contributed by atoms with van der Waals surface area (Å²) in [5.41, 5.74) is -5.17. The van der Waals surface area contributed by atoms with Gasteiger partial charge in [0.2, 0.25) is 5.91 Å². The zero-order valence-corrected chi connectivity index (χ0v) is 14.3. The summed E-state index contributed by atoms with van der Waals surface area (Å²) in [5, 5.41) is 0. The molecular formula is C11H14BrF2N2O6PS. The van der Waals surface area contributed by atoms with Gasteiger partial charge in [0, 0.05) is 16.5 Å². The van der Waals surface area contributed by atoms with Gasteiger partial charge in [0.1, 0.15) is 0 Å². The van der Waals surface area contributed by atoms with Crippen LogP contribution < -0.4 is 9.44 Å². The predicted molar refractivity (Wildman–Crippen MR) is 84.4 cm³/mol. The Hall–Kier alpha value is -0.910. The first-order valence-corrected chi connectivity index (χ1v) is 9.78. The van der Waals surface area contributed by atoms with Gasteiger partial charge in [0.05, 0.1) is 6.04 Å². The summed E-state index contributed by atoms with van der Waals surface area (Å²) in [6.45, 7) is 0. The van der Waals surface area contributed by atoms with Crippen molar-refractivity contribution in [3.05, 3.63) is 33.8 Å². The molecule has 1 fully saturated rings. The van der Waals surface area contributed by atoms with Gasteiger partial charge >= 0.3 is 23.5 Å². The number of carbonyl (C=O) groups is 1. The van der Waals surface area contributed by atoms with Gasteiger partial charge in [-0.05, 0) is 11.6 Å². The second-order valence-corrected chi connectivity index (χ2v) is 8.68. The van der Waals surface area contributed by atoms with Crippen LogP contribution in [0, 0.1) is 0 Å². The first kappa shape index (κ1) is 21.1. The largest absolute Gasteiger partial charge is 0.399 e. The van der Waals surface area contributed by atoms with Crippen LogP contribution in [0.1, 0.15) is 31.0 Å². The molecule has 4 N–H and O–H groups in total. The van der Waals surface area contributed by atoms with E-state index in [1.165, 1.54) is 0 Å². The molecule has 1 aliphatic rings. The van der Waals surface area contributed by atoms with Crippen molar-refractivity contribution < 1.29 is 36.3 Å². The van der Waals surface area contributed by atoms with Crippen LogP contribution in [-0.4, -0.2) is 24.1 Å². The number of benzene rings is 1. The van der Waals surface area contributed by atoms with Gasteiger partial charge in [-0.3, -0.25) is 9.36 Å². The number of rotatable bonds is 3. The highest BCUT2D eigenvalue weighted by atomic mass is 79.9. The average molecular weight is 451 g/mol. The van der Waals surface area contributed by atoms with Crippen LogP contribution in [0.15, 0.2) is 22.7 Å². The highest BCUT2D eigenvalue weighted by Crippen LogP contribution is 2.60. The van der Waals surface area contributed by atoms with Gasteiger partial charge < -0.3 is 9.79 Å². The standard InChI is InChI=1S/C10H10BrF2N2O6PS.CH4/c11-7-3-5(8-4-9(16)15-23(20,21)14-8)1-2-6(7)10(12,13)22(17,18)19;/h1-3,8,14H,4H2,(H,15,16)(H2,17,18,19);1H4. The summed E-state index contributed by atoms with van der Waals surface area (Å²) < 4.78 is 64.7. The van der Waals surface area contributed by atoms with Crippen LogP contribution in [0.25, 0.3) is 0 Å². The number of halogens is 3. The highest BCUT2D eigenvalue weighted by molar-refractivity contribution is 9.10. The monoisotopic (exact) mass is 450 g/mol. The van der Waals surface area contributed by atoms with Gasteiger partial charge in [-0.2, -0.15) is 21.9 Å². The molecule has 0 aliphatic carbocycles. The van der Waals surface area contributed by atoms with E-state index >= 15 is 0 Å². The Morgan fingerprint density at radius 1 is 1.33 bits per heavy atom. The lowest BCUT2D eigenvalue weighted by Crippen LogP contribution is -2.48. The van der Waals surface area contributed by atoms with Crippen molar-refractivity contribution in [3.63, 3.8) is 0 Å². The van der Waals surface area contributed by atoms with Crippen LogP contribution in [-0.2, 0) is 25.2 Å². The molecular weight excluding hydrogens is 437 g/mol. The Morgan fingerprint density at radius 3 is 2.38 bits per heavy atom. The number of nitrogens with one attached hydrogen (secondary N) is 2. The van der Waals surface area contributed by atoms with Crippen molar-refractivity contribution in [2.45, 2.75) is 25.6 Å². The van der Waals surface area contributed by atoms with Crippen LogP contribution in [0.5, 0.6) is 0 Å². The third-order valence-corrected chi connectivity index (χ3v) is 5.74. The van der Waals surface area contributed by atoms with Crippen molar-refractivity contribution in [1.29, 1.82) is 0 Å². The van der Waals surface area contributed by atoms with Crippen molar-refractivity contribution in [3.8, 4) is 0 Å². The average Bonchev–Trinajstić information content (AvgIpc) is 2.34. The number of alkyl halides is 2. The summed E-state index contributed by atoms with van der Waals surface area (Å²) in [6, 6.07) is 1.92. The van der Waals surface area contributed by atoms with Crippen LogP contribution in [0.3, 0.4) is 0 Å². The van der Waals surface area contributed by atoms with E-state index < -0.39 is 41.0 Å². The molecule has 1 aromatic carbocycles. The number of hydrogen-bond acceptors (Lipinski definition) is 4. The molecule has 1 atom stereocenters. The maximum Gasteiger partial charge on any atom is 0.399 e. The molecule has 0 aromatic heterocycles. The Balaban J connectivity index is 0.00000288. The quantitative estimate of drug-likeness (QED) is 0.518. The molecule has 0 radical (unpaired) electrons. The van der Waals surface area contributed by atoms with E-state index in [9.17, 15) is 26.6 Å². The summed E-state index contributed by atoms with van der Waals surface area (Å²) >= 11 is 2.78. The van der Waals surface area contributed by atoms with E-state index in [2.05, 4.69) is 20.7 Å². The fourth-order valence-electron chi connectivity index (χ4n) is 1.97. The molecule has 1 saturated heterocycles. The fourth-order valence-corrected chi connectivity index (χ4v) is 4.31. The zero-order chi connectivity index (χ0) is 17.6. The number of carbonyl (C=O) groups excluding carboxylic acids is 1. The van der Waals surface area contributed by atoms with E-state index in [-0.39, 0.29) is 23.9 Å². The van der Waals surface area contributed by atoms with E-state index in [4.69, 9.17) is 9.79 Å². The van der Waals surface area contributed by atoms with Gasteiger partial charge in [0.15, 0.2) is 0 Å². The summed E-state index contributed by atoms with van der Waals surface area (Å²) in [6.07, 6.45) is -0.250. The summed E-state index contributed by atoms with van der Waals surface area (Å²) in [5.74, 6) is -0.769. The van der Waals surface area contributed by atoms with Crippen molar-refractivity contribution in [1.82, 2.24) is 9.44 Å². The van der Waals surface area contributed by atoms with Crippen molar-refractivity contribution in [2.75, 3.05) is 0 Å². The molecule has 24 heavy (non-hydrogen) atoms. The molecule has 2 rings (SSSR count). The molecule has 136 valence electrons. The zero-order valence-electron chi connectivity index (χ0n) is 11.0. The normalized spacial score (nSPS) is 20.9. The van der Waals surface area contributed by atoms with E-state index in [0.717, 1.165) is 18.2 Å². The molecule has 0 spiro atoms. The molecule has 0 bridgehead atoms. The fraction of sp³-hybridized carbons (Fsp3) is 0.364. The van der Waals surface area contributed by atoms with Gasteiger partial charge in [-0.25, -0.2) is 4.72 Å². The Kier molecular flexibility index (Phi) is 5.96. The summed E-state index contributed by atoms with van der Waals surface area (Å²) in [7, 11) is -9.78. The minimum atomic E-state index is -5.73. The molecule has 1 aromatic rings. The maximum absolute atomic E-state index is 13.7. The van der Waals surface area contributed by atoms with Gasteiger partial charge in [0.25, 0.3) is 0 Å². The Bertz CT molecular complexity index is 813. The highest BCUT2D eigenvalue weighted by Gasteiger charge is 2.51. The Morgan fingerprint density at radius 2 is 1.92 bits per heavy atom. The predicted octanol–water partition coefficient (Wildman–Crippen LogP) is 1.71. The van der Waals surface area contributed by atoms with Crippen LogP contribution >= 0.6 is 23.5 Å². The first-order chi connectivity index (χ1) is 10.3. The lowest BCUT2D eigenvalue weighted by atomic mass is 10.0. The lowest BCUT2D eigenvalue weighted by molar-refractivity contribution is -0.120. The number of hydrogen-bond donors (Lipinski definition) is 4. The second kappa shape index (κ2) is 6.77. The molecule has 1 unspecified atom stereocenters. The Labute approximate surface area is 145 Å². The van der Waals surface area contributed by atoms with E-state index in [1.54, 1.807) is 4.72 Å². The second-order valence-electron chi connectivity index (χ2n) is 4.73. The van der Waals surface area contributed by atoms with Crippen molar-refractivity contribution in [2.24, 2.45) is 0 Å². The van der Waals surface area contributed by atoms with Crippen LogP contribution in [0.4, 0.5) is 8.78 Å². The minimum Gasteiger partial charge on any atom is -0.320 e. The van der Waals surface area contributed by atoms with Gasteiger partial charge in [-0.1, -0.05) is 35.5 Å². The summed E-state index contributed by atoms with van der Waals surface area (Å²) in [4.78, 5) is 28.8. The topological polar surface area (TPSA) is 133 Å². The molecule has 0 saturated carbocycles. The van der Waals surface area contributed by atoms with Gasteiger partial charge in [-0.15, -0.1) is 0 Å². The maximum atomic E-state index is 13.7. The van der Waals surface area contributed by atoms with Crippen LogP contribution in [0.2, 0.25) is 0 Å². The first-order valence-electron chi connectivity index (χ1n) is 5.90. The third kappa shape index (κ3) is 4.19. The molecule has 13 heteroatoms. The molecule has 1 aliphatic heterocycles.